The van der Waals surface area contributed by atoms with Gasteiger partial charge in [-0.2, -0.15) is 0 Å². The molecule has 0 spiro atoms. The molecule has 0 bridgehead atoms. The van der Waals surface area contributed by atoms with Crippen LogP contribution in [0, 0.1) is 5.92 Å². The second-order valence-electron chi connectivity index (χ2n) is 6.94. The highest BCUT2D eigenvalue weighted by atomic mass is 15.1. The molecule has 1 unspecified atom stereocenters. The zero-order valence-corrected chi connectivity index (χ0v) is 12.9. The largest absolute Gasteiger partial charge is 0.346 e. The Labute approximate surface area is 120 Å². The van der Waals surface area contributed by atoms with Gasteiger partial charge < -0.3 is 10.3 Å². The summed E-state index contributed by atoms with van der Waals surface area (Å²) in [5.41, 5.74) is 3.62. The summed E-state index contributed by atoms with van der Waals surface area (Å²) in [6.07, 6.45) is 6.32. The van der Waals surface area contributed by atoms with Crippen molar-refractivity contribution in [1.29, 1.82) is 0 Å². The van der Waals surface area contributed by atoms with Gasteiger partial charge in [0.05, 0.1) is 0 Å². The van der Waals surface area contributed by atoms with Crippen LogP contribution in [0.15, 0.2) is 30.6 Å². The van der Waals surface area contributed by atoms with Crippen LogP contribution in [0.1, 0.15) is 40.2 Å². The Bertz CT molecular complexity index is 676. The predicted molar refractivity (Wildman–Crippen MR) is 84.5 cm³/mol. The van der Waals surface area contributed by atoms with Gasteiger partial charge >= 0.3 is 0 Å². The molecule has 106 valence electrons. The first-order valence-electron chi connectivity index (χ1n) is 7.25. The van der Waals surface area contributed by atoms with E-state index in [4.69, 9.17) is 0 Å². The summed E-state index contributed by atoms with van der Waals surface area (Å²) in [5.74, 6) is 0.479. The van der Waals surface area contributed by atoms with Crippen LogP contribution in [0.3, 0.4) is 0 Å². The Hall–Kier alpha value is -1.61. The highest BCUT2D eigenvalue weighted by Crippen LogP contribution is 2.39. The SMILES string of the molecule is CC1C=C(c2c[nH]c3ncccc23)C(C)(C)NC1(C)C. The van der Waals surface area contributed by atoms with Gasteiger partial charge in [0.1, 0.15) is 5.65 Å². The van der Waals surface area contributed by atoms with Crippen LogP contribution in [0.2, 0.25) is 0 Å². The number of fused-ring (bicyclic) bond motifs is 1. The summed E-state index contributed by atoms with van der Waals surface area (Å²) < 4.78 is 0. The minimum atomic E-state index is -0.0546. The Balaban J connectivity index is 2.18. The fraction of sp³-hybridized carbons (Fsp3) is 0.471. The Morgan fingerprint density at radius 1 is 1.20 bits per heavy atom. The quantitative estimate of drug-likeness (QED) is 0.828. The lowest BCUT2D eigenvalue weighted by molar-refractivity contribution is 0.243. The molecule has 0 radical (unpaired) electrons. The topological polar surface area (TPSA) is 40.7 Å². The normalized spacial score (nSPS) is 24.6. The number of aromatic amines is 1. The zero-order chi connectivity index (χ0) is 14.5. The first-order valence-corrected chi connectivity index (χ1v) is 7.25. The second-order valence-corrected chi connectivity index (χ2v) is 6.94. The summed E-state index contributed by atoms with van der Waals surface area (Å²) >= 11 is 0. The number of rotatable bonds is 1. The molecule has 1 atom stereocenters. The van der Waals surface area contributed by atoms with Crippen LogP contribution < -0.4 is 5.32 Å². The van der Waals surface area contributed by atoms with Gasteiger partial charge in [0.2, 0.25) is 0 Å². The standard InChI is InChI=1S/C17H23N3/c1-11-9-14(17(4,5)20-16(11,2)3)13-10-19-15-12(13)7-6-8-18-15/h6-11,20H,1-5H3,(H,18,19). The Morgan fingerprint density at radius 3 is 2.70 bits per heavy atom. The molecule has 3 rings (SSSR count). The van der Waals surface area contributed by atoms with Crippen molar-refractivity contribution in [2.45, 2.75) is 45.7 Å². The molecule has 2 aromatic rings. The minimum absolute atomic E-state index is 0.0546. The van der Waals surface area contributed by atoms with Gasteiger partial charge in [-0.15, -0.1) is 0 Å². The van der Waals surface area contributed by atoms with Crippen molar-refractivity contribution >= 4 is 16.6 Å². The van der Waals surface area contributed by atoms with Crippen molar-refractivity contribution in [3.05, 3.63) is 36.2 Å². The van der Waals surface area contributed by atoms with E-state index in [1.54, 1.807) is 0 Å². The first-order chi connectivity index (χ1) is 9.31. The van der Waals surface area contributed by atoms with Crippen molar-refractivity contribution in [1.82, 2.24) is 15.3 Å². The van der Waals surface area contributed by atoms with Crippen LogP contribution in [-0.2, 0) is 0 Å². The Kier molecular flexibility index (Phi) is 2.80. The molecule has 1 aliphatic rings. The fourth-order valence-electron chi connectivity index (χ4n) is 3.26. The fourth-order valence-corrected chi connectivity index (χ4v) is 3.26. The number of nitrogens with zero attached hydrogens (tertiary/aromatic N) is 1. The van der Waals surface area contributed by atoms with E-state index < -0.39 is 0 Å². The Morgan fingerprint density at radius 2 is 1.95 bits per heavy atom. The van der Waals surface area contributed by atoms with E-state index in [-0.39, 0.29) is 11.1 Å². The third-order valence-electron chi connectivity index (χ3n) is 4.60. The lowest BCUT2D eigenvalue weighted by Crippen LogP contribution is -2.58. The molecular weight excluding hydrogens is 246 g/mol. The van der Waals surface area contributed by atoms with Gasteiger partial charge in [0.15, 0.2) is 0 Å². The number of hydrogen-bond acceptors (Lipinski definition) is 2. The van der Waals surface area contributed by atoms with E-state index in [1.165, 1.54) is 16.5 Å². The van der Waals surface area contributed by atoms with Crippen LogP contribution in [-0.4, -0.2) is 21.0 Å². The van der Waals surface area contributed by atoms with Crippen molar-refractivity contribution in [2.24, 2.45) is 5.92 Å². The maximum Gasteiger partial charge on any atom is 0.137 e. The van der Waals surface area contributed by atoms with Gasteiger partial charge in [0.25, 0.3) is 0 Å². The van der Waals surface area contributed by atoms with Gasteiger partial charge in [-0.3, -0.25) is 0 Å². The summed E-state index contributed by atoms with van der Waals surface area (Å²) in [4.78, 5) is 7.67. The summed E-state index contributed by atoms with van der Waals surface area (Å²) in [6, 6.07) is 4.13. The molecule has 2 aromatic heterocycles. The molecule has 0 saturated carbocycles. The van der Waals surface area contributed by atoms with Crippen LogP contribution >= 0.6 is 0 Å². The van der Waals surface area contributed by atoms with E-state index in [2.05, 4.69) is 68.2 Å². The average molecular weight is 269 g/mol. The number of aromatic nitrogens is 2. The van der Waals surface area contributed by atoms with Crippen LogP contribution in [0.25, 0.3) is 16.6 Å². The van der Waals surface area contributed by atoms with Gasteiger partial charge in [-0.25, -0.2) is 4.98 Å². The molecule has 3 nitrogen and oxygen atoms in total. The lowest BCUT2D eigenvalue weighted by atomic mass is 9.74. The summed E-state index contributed by atoms with van der Waals surface area (Å²) in [5, 5.41) is 4.98. The number of nitrogens with one attached hydrogen (secondary N) is 2. The average Bonchev–Trinajstić information content (AvgIpc) is 2.76. The highest BCUT2D eigenvalue weighted by molar-refractivity contribution is 5.93. The molecule has 0 fully saturated rings. The van der Waals surface area contributed by atoms with E-state index in [0.717, 1.165) is 5.65 Å². The molecule has 0 saturated heterocycles. The summed E-state index contributed by atoms with van der Waals surface area (Å²) in [7, 11) is 0. The third kappa shape index (κ3) is 1.97. The molecule has 0 amide bonds. The first kappa shape index (κ1) is 13.4. The molecule has 0 aliphatic carbocycles. The number of H-pyrrole nitrogens is 1. The van der Waals surface area contributed by atoms with Crippen molar-refractivity contribution in [2.75, 3.05) is 0 Å². The summed E-state index contributed by atoms with van der Waals surface area (Å²) in [6.45, 7) is 11.3. The molecule has 3 heterocycles. The van der Waals surface area contributed by atoms with Crippen molar-refractivity contribution < 1.29 is 0 Å². The monoisotopic (exact) mass is 269 g/mol. The number of pyridine rings is 1. The van der Waals surface area contributed by atoms with Crippen LogP contribution in [0.4, 0.5) is 0 Å². The zero-order valence-electron chi connectivity index (χ0n) is 12.9. The van der Waals surface area contributed by atoms with Crippen LogP contribution in [0.5, 0.6) is 0 Å². The molecule has 0 aromatic carbocycles. The molecule has 20 heavy (non-hydrogen) atoms. The van der Waals surface area contributed by atoms with Gasteiger partial charge in [-0.1, -0.05) is 13.0 Å². The van der Waals surface area contributed by atoms with E-state index >= 15 is 0 Å². The third-order valence-corrected chi connectivity index (χ3v) is 4.60. The van der Waals surface area contributed by atoms with E-state index in [1.807, 2.05) is 12.3 Å². The van der Waals surface area contributed by atoms with Crippen molar-refractivity contribution in [3.8, 4) is 0 Å². The molecule has 3 heteroatoms. The van der Waals surface area contributed by atoms with E-state index in [0.29, 0.717) is 5.92 Å². The molecule has 2 N–H and O–H groups in total. The highest BCUT2D eigenvalue weighted by Gasteiger charge is 2.39. The second kappa shape index (κ2) is 4.19. The molecule has 1 aliphatic heterocycles. The predicted octanol–water partition coefficient (Wildman–Crippen LogP) is 3.74. The lowest BCUT2D eigenvalue weighted by Gasteiger charge is -2.46. The molecular formula is C17H23N3. The minimum Gasteiger partial charge on any atom is -0.346 e. The van der Waals surface area contributed by atoms with Crippen molar-refractivity contribution in [3.63, 3.8) is 0 Å². The number of hydrogen-bond donors (Lipinski definition) is 2. The van der Waals surface area contributed by atoms with Gasteiger partial charge in [-0.05, 0) is 51.3 Å². The van der Waals surface area contributed by atoms with E-state index in [9.17, 15) is 0 Å². The van der Waals surface area contributed by atoms with Gasteiger partial charge in [0, 0.05) is 34.4 Å². The maximum absolute atomic E-state index is 4.39. The smallest absolute Gasteiger partial charge is 0.137 e. The maximum atomic E-state index is 4.39.